The van der Waals surface area contributed by atoms with Crippen LogP contribution in [0.1, 0.15) is 17.5 Å². The molecule has 27 heavy (non-hydrogen) atoms. The van der Waals surface area contributed by atoms with Crippen molar-refractivity contribution >= 4 is 5.91 Å². The molecule has 0 unspecified atom stereocenters. The molecular formula is C22H24N4O. The van der Waals surface area contributed by atoms with Gasteiger partial charge in [0, 0.05) is 44.4 Å². The van der Waals surface area contributed by atoms with E-state index in [2.05, 4.69) is 70.0 Å². The Balaban J connectivity index is 1.39. The van der Waals surface area contributed by atoms with Crippen LogP contribution < -0.4 is 5.32 Å². The van der Waals surface area contributed by atoms with Crippen LogP contribution in [0.3, 0.4) is 0 Å². The molecule has 0 saturated carbocycles. The molecule has 1 saturated heterocycles. The maximum atomic E-state index is 11.5. The second-order valence-electron chi connectivity index (χ2n) is 6.99. The Kier molecular flexibility index (Phi) is 5.30. The van der Waals surface area contributed by atoms with Gasteiger partial charge in [0.2, 0.25) is 5.91 Å². The van der Waals surface area contributed by atoms with Gasteiger partial charge < -0.3 is 5.32 Å². The summed E-state index contributed by atoms with van der Waals surface area (Å²) in [6.45, 7) is 4.11. The fourth-order valence-corrected chi connectivity index (χ4v) is 3.40. The second-order valence-corrected chi connectivity index (χ2v) is 6.99. The first-order chi connectivity index (χ1) is 13.3. The Morgan fingerprint density at radius 2 is 1.67 bits per heavy atom. The topological polar surface area (TPSA) is 50.2 Å². The summed E-state index contributed by atoms with van der Waals surface area (Å²) < 4.78 is 1.97. The number of hydrogen-bond acceptors (Lipinski definition) is 3. The first-order valence-electron chi connectivity index (χ1n) is 9.41. The normalized spacial score (nSPS) is 15.3. The summed E-state index contributed by atoms with van der Waals surface area (Å²) in [5.41, 5.74) is 4.81. The van der Waals surface area contributed by atoms with Crippen LogP contribution in [-0.2, 0) is 17.9 Å². The number of carbonyl (C=O) groups excluding carboxylic acids is 1. The van der Waals surface area contributed by atoms with Gasteiger partial charge in [0.05, 0.1) is 12.7 Å². The second kappa shape index (κ2) is 8.18. The van der Waals surface area contributed by atoms with Gasteiger partial charge in [-0.15, -0.1) is 0 Å². The van der Waals surface area contributed by atoms with Crippen LogP contribution in [0.25, 0.3) is 11.1 Å². The summed E-state index contributed by atoms with van der Waals surface area (Å²) in [7, 11) is 0. The van der Waals surface area contributed by atoms with Crippen LogP contribution in [0.5, 0.6) is 0 Å². The van der Waals surface area contributed by atoms with Gasteiger partial charge in [0.25, 0.3) is 0 Å². The fourth-order valence-electron chi connectivity index (χ4n) is 3.40. The first-order valence-corrected chi connectivity index (χ1v) is 9.41. The van der Waals surface area contributed by atoms with Crippen molar-refractivity contribution in [3.63, 3.8) is 0 Å². The molecule has 138 valence electrons. The molecule has 0 radical (unpaired) electrons. The molecule has 5 heteroatoms. The molecule has 2 aromatic carbocycles. The monoisotopic (exact) mass is 360 g/mol. The Labute approximate surface area is 159 Å². The lowest BCUT2D eigenvalue weighted by Gasteiger charge is -2.19. The van der Waals surface area contributed by atoms with Crippen molar-refractivity contribution in [1.82, 2.24) is 20.0 Å². The van der Waals surface area contributed by atoms with E-state index in [1.54, 1.807) is 0 Å². The molecule has 5 nitrogen and oxygen atoms in total. The molecule has 0 aliphatic carbocycles. The van der Waals surface area contributed by atoms with Crippen molar-refractivity contribution in [2.75, 3.05) is 19.6 Å². The van der Waals surface area contributed by atoms with E-state index in [0.717, 1.165) is 38.3 Å². The molecule has 1 aliphatic heterocycles. The Morgan fingerprint density at radius 1 is 0.889 bits per heavy atom. The summed E-state index contributed by atoms with van der Waals surface area (Å²) >= 11 is 0. The zero-order chi connectivity index (χ0) is 18.5. The summed E-state index contributed by atoms with van der Waals surface area (Å²) in [6, 6.07) is 19.0. The minimum Gasteiger partial charge on any atom is -0.355 e. The first kappa shape index (κ1) is 17.5. The van der Waals surface area contributed by atoms with E-state index in [9.17, 15) is 4.79 Å². The number of aromatic nitrogens is 2. The number of benzene rings is 2. The molecule has 3 aromatic rings. The third-order valence-electron chi connectivity index (χ3n) is 4.92. The van der Waals surface area contributed by atoms with Gasteiger partial charge in [-0.1, -0.05) is 54.6 Å². The fraction of sp³-hybridized carbons (Fsp3) is 0.273. The van der Waals surface area contributed by atoms with E-state index in [1.165, 1.54) is 16.7 Å². The average Bonchev–Trinajstić information content (AvgIpc) is 3.06. The number of hydrogen-bond donors (Lipinski definition) is 1. The van der Waals surface area contributed by atoms with Crippen molar-refractivity contribution in [3.8, 4) is 11.1 Å². The standard InChI is InChI=1S/C22H24N4O/c27-22-10-12-25(13-11-23-22)15-19-6-8-20(9-7-19)21-14-24-26(17-21)16-18-4-2-1-3-5-18/h1-9,14,17H,10-13,15-16H2,(H,23,27). The molecule has 1 amide bonds. The number of nitrogens with one attached hydrogen (secondary N) is 1. The summed E-state index contributed by atoms with van der Waals surface area (Å²) in [5.74, 6) is 0.153. The predicted octanol–water partition coefficient (Wildman–Crippen LogP) is 2.92. The number of amides is 1. The van der Waals surface area contributed by atoms with E-state index < -0.39 is 0 Å². The molecule has 0 atom stereocenters. The SMILES string of the molecule is O=C1CCN(Cc2ccc(-c3cnn(Cc4ccccc4)c3)cc2)CCN1. The molecule has 0 bridgehead atoms. The van der Waals surface area contributed by atoms with Crippen LogP contribution >= 0.6 is 0 Å². The van der Waals surface area contributed by atoms with E-state index in [4.69, 9.17) is 0 Å². The third kappa shape index (κ3) is 4.63. The Bertz CT molecular complexity index is 886. The molecule has 1 N–H and O–H groups in total. The maximum absolute atomic E-state index is 11.5. The molecule has 4 rings (SSSR count). The van der Waals surface area contributed by atoms with E-state index in [0.29, 0.717) is 6.42 Å². The lowest BCUT2D eigenvalue weighted by atomic mass is 10.1. The number of carbonyl (C=O) groups is 1. The molecule has 1 fully saturated rings. The number of rotatable bonds is 5. The zero-order valence-electron chi connectivity index (χ0n) is 15.3. The highest BCUT2D eigenvalue weighted by atomic mass is 16.1. The van der Waals surface area contributed by atoms with Gasteiger partial charge in [-0.2, -0.15) is 5.10 Å². The summed E-state index contributed by atoms with van der Waals surface area (Å²) in [5, 5.41) is 7.41. The van der Waals surface area contributed by atoms with Crippen molar-refractivity contribution in [3.05, 3.63) is 78.1 Å². The lowest BCUT2D eigenvalue weighted by molar-refractivity contribution is -0.120. The van der Waals surface area contributed by atoms with Crippen LogP contribution in [0.15, 0.2) is 67.0 Å². The van der Waals surface area contributed by atoms with Crippen LogP contribution in [-0.4, -0.2) is 40.2 Å². The quantitative estimate of drug-likeness (QED) is 0.761. The van der Waals surface area contributed by atoms with Crippen molar-refractivity contribution in [2.24, 2.45) is 0 Å². The maximum Gasteiger partial charge on any atom is 0.221 e. The molecule has 0 spiro atoms. The minimum atomic E-state index is 0.153. The minimum absolute atomic E-state index is 0.153. The van der Waals surface area contributed by atoms with Gasteiger partial charge in [-0.25, -0.2) is 0 Å². The third-order valence-corrected chi connectivity index (χ3v) is 4.92. The molecule has 1 aromatic heterocycles. The lowest BCUT2D eigenvalue weighted by Crippen LogP contribution is -2.28. The zero-order valence-corrected chi connectivity index (χ0v) is 15.3. The van der Waals surface area contributed by atoms with Crippen molar-refractivity contribution in [2.45, 2.75) is 19.5 Å². The van der Waals surface area contributed by atoms with Crippen LogP contribution in [0.2, 0.25) is 0 Å². The van der Waals surface area contributed by atoms with Crippen LogP contribution in [0, 0.1) is 0 Å². The summed E-state index contributed by atoms with van der Waals surface area (Å²) in [4.78, 5) is 13.8. The molecule has 1 aliphatic rings. The smallest absolute Gasteiger partial charge is 0.221 e. The highest BCUT2D eigenvalue weighted by molar-refractivity contribution is 5.76. The van der Waals surface area contributed by atoms with E-state index in [1.807, 2.05) is 16.9 Å². The largest absolute Gasteiger partial charge is 0.355 e. The Morgan fingerprint density at radius 3 is 2.48 bits per heavy atom. The average molecular weight is 360 g/mol. The molecule has 2 heterocycles. The summed E-state index contributed by atoms with van der Waals surface area (Å²) in [6.07, 6.45) is 4.59. The van der Waals surface area contributed by atoms with Gasteiger partial charge >= 0.3 is 0 Å². The Hall–Kier alpha value is -2.92. The van der Waals surface area contributed by atoms with Gasteiger partial charge in [0.1, 0.15) is 0 Å². The predicted molar refractivity (Wildman–Crippen MR) is 106 cm³/mol. The highest BCUT2D eigenvalue weighted by Gasteiger charge is 2.13. The van der Waals surface area contributed by atoms with Crippen molar-refractivity contribution < 1.29 is 4.79 Å². The van der Waals surface area contributed by atoms with E-state index >= 15 is 0 Å². The highest BCUT2D eigenvalue weighted by Crippen LogP contribution is 2.20. The van der Waals surface area contributed by atoms with Crippen LogP contribution in [0.4, 0.5) is 0 Å². The van der Waals surface area contributed by atoms with Gasteiger partial charge in [-0.05, 0) is 16.7 Å². The van der Waals surface area contributed by atoms with Gasteiger partial charge in [-0.3, -0.25) is 14.4 Å². The van der Waals surface area contributed by atoms with Gasteiger partial charge in [0.15, 0.2) is 0 Å². The van der Waals surface area contributed by atoms with Crippen molar-refractivity contribution in [1.29, 1.82) is 0 Å². The van der Waals surface area contributed by atoms with E-state index in [-0.39, 0.29) is 5.91 Å². The number of nitrogens with zero attached hydrogens (tertiary/aromatic N) is 3. The molecular weight excluding hydrogens is 336 g/mol.